The number of hydrogen-bond donors (Lipinski definition) is 1. The Kier molecular flexibility index (Phi) is 4.49. The molecule has 2 saturated heterocycles. The van der Waals surface area contributed by atoms with Gasteiger partial charge >= 0.3 is 0 Å². The van der Waals surface area contributed by atoms with Gasteiger partial charge < -0.3 is 5.32 Å². The molecular weight excluding hydrogens is 372 g/mol. The largest absolute Gasteiger partial charge is 0.316 e. The lowest BCUT2D eigenvalue weighted by atomic mass is 9.75. The third-order valence-corrected chi connectivity index (χ3v) is 9.05. The Labute approximate surface area is 139 Å². The van der Waals surface area contributed by atoms with E-state index in [0.717, 1.165) is 48.1 Å². The molecule has 0 saturated carbocycles. The van der Waals surface area contributed by atoms with E-state index >= 15 is 0 Å². The number of piperidine rings is 2. The van der Waals surface area contributed by atoms with E-state index < -0.39 is 10.0 Å². The Balaban J connectivity index is 1.85. The molecule has 1 aromatic heterocycles. The number of halogens is 1. The van der Waals surface area contributed by atoms with E-state index in [-0.39, 0.29) is 5.41 Å². The smallest absolute Gasteiger partial charge is 0.252 e. The molecule has 0 aliphatic carbocycles. The Bertz CT molecular complexity index is 596. The zero-order valence-corrected chi connectivity index (χ0v) is 15.4. The summed E-state index contributed by atoms with van der Waals surface area (Å²) in [6, 6.07) is 1.78. The molecule has 4 nitrogen and oxygen atoms in total. The third kappa shape index (κ3) is 3.08. The van der Waals surface area contributed by atoms with Crippen LogP contribution in [0, 0.1) is 12.3 Å². The molecule has 0 bridgehead atoms. The minimum Gasteiger partial charge on any atom is -0.316 e. The van der Waals surface area contributed by atoms with Gasteiger partial charge in [0.05, 0.1) is 3.79 Å². The first-order chi connectivity index (χ1) is 9.93. The fraction of sp³-hybridized carbons (Fsp3) is 0.714. The topological polar surface area (TPSA) is 49.4 Å². The average molecular weight is 393 g/mol. The molecular formula is C14H21BrN2O2S2. The highest BCUT2D eigenvalue weighted by molar-refractivity contribution is 9.11. The second-order valence-electron chi connectivity index (χ2n) is 6.24. The van der Waals surface area contributed by atoms with Gasteiger partial charge in [-0.1, -0.05) is 0 Å². The monoisotopic (exact) mass is 392 g/mol. The van der Waals surface area contributed by atoms with Crippen LogP contribution >= 0.6 is 27.3 Å². The van der Waals surface area contributed by atoms with Crippen LogP contribution in [0.5, 0.6) is 0 Å². The lowest BCUT2D eigenvalue weighted by Gasteiger charge is -2.44. The van der Waals surface area contributed by atoms with E-state index in [1.165, 1.54) is 11.3 Å². The summed E-state index contributed by atoms with van der Waals surface area (Å²) in [4.78, 5) is 0. The number of hydrogen-bond acceptors (Lipinski definition) is 4. The summed E-state index contributed by atoms with van der Waals surface area (Å²) in [5.41, 5.74) is 1.14. The molecule has 1 atom stereocenters. The summed E-state index contributed by atoms with van der Waals surface area (Å²) in [7, 11) is -3.34. The van der Waals surface area contributed by atoms with E-state index in [1.54, 1.807) is 10.4 Å². The summed E-state index contributed by atoms with van der Waals surface area (Å²) >= 11 is 4.75. The number of sulfonamides is 1. The van der Waals surface area contributed by atoms with Crippen LogP contribution < -0.4 is 5.32 Å². The molecule has 21 heavy (non-hydrogen) atoms. The first kappa shape index (κ1) is 15.9. The van der Waals surface area contributed by atoms with Crippen molar-refractivity contribution in [1.82, 2.24) is 9.62 Å². The van der Waals surface area contributed by atoms with Crippen LogP contribution in [0.3, 0.4) is 0 Å². The van der Waals surface area contributed by atoms with Crippen molar-refractivity contribution in [2.24, 2.45) is 5.41 Å². The Morgan fingerprint density at radius 1 is 1.38 bits per heavy atom. The van der Waals surface area contributed by atoms with E-state index in [0.29, 0.717) is 17.3 Å². The fourth-order valence-electron chi connectivity index (χ4n) is 3.43. The Morgan fingerprint density at radius 2 is 2.14 bits per heavy atom. The van der Waals surface area contributed by atoms with Crippen molar-refractivity contribution in [2.75, 3.05) is 26.2 Å². The molecule has 1 N–H and O–H groups in total. The van der Waals surface area contributed by atoms with Crippen LogP contribution in [0.4, 0.5) is 0 Å². The van der Waals surface area contributed by atoms with Gasteiger partial charge in [0.15, 0.2) is 0 Å². The van der Waals surface area contributed by atoms with Crippen molar-refractivity contribution in [2.45, 2.75) is 36.8 Å². The number of rotatable bonds is 2. The molecule has 1 spiro atoms. The molecule has 3 rings (SSSR count). The van der Waals surface area contributed by atoms with Crippen LogP contribution in [0.15, 0.2) is 14.1 Å². The molecule has 1 aromatic rings. The molecule has 3 heterocycles. The molecule has 2 aliphatic rings. The molecule has 2 aliphatic heterocycles. The van der Waals surface area contributed by atoms with Crippen molar-refractivity contribution >= 4 is 37.3 Å². The van der Waals surface area contributed by atoms with E-state index in [4.69, 9.17) is 0 Å². The van der Waals surface area contributed by atoms with Gasteiger partial charge in [-0.05, 0) is 72.1 Å². The highest BCUT2D eigenvalue weighted by Crippen LogP contribution is 2.39. The normalized spacial score (nSPS) is 28.1. The van der Waals surface area contributed by atoms with Crippen molar-refractivity contribution in [3.8, 4) is 0 Å². The second-order valence-corrected chi connectivity index (χ2v) is 10.8. The highest BCUT2D eigenvalue weighted by atomic mass is 79.9. The molecule has 1 unspecified atom stereocenters. The third-order valence-electron chi connectivity index (χ3n) is 4.62. The maximum absolute atomic E-state index is 12.9. The minimum absolute atomic E-state index is 0.146. The van der Waals surface area contributed by atoms with Crippen LogP contribution in [-0.4, -0.2) is 38.9 Å². The highest BCUT2D eigenvalue weighted by Gasteiger charge is 2.41. The average Bonchev–Trinajstić information content (AvgIpc) is 2.80. The first-order valence-corrected chi connectivity index (χ1v) is 10.4. The number of nitrogens with zero attached hydrogens (tertiary/aromatic N) is 1. The van der Waals surface area contributed by atoms with E-state index in [2.05, 4.69) is 21.2 Å². The maximum Gasteiger partial charge on any atom is 0.252 e. The molecule has 0 radical (unpaired) electrons. The van der Waals surface area contributed by atoms with Gasteiger partial charge in [0.25, 0.3) is 10.0 Å². The zero-order valence-electron chi connectivity index (χ0n) is 12.2. The summed E-state index contributed by atoms with van der Waals surface area (Å²) < 4.78 is 28.8. The van der Waals surface area contributed by atoms with Gasteiger partial charge in [0.2, 0.25) is 0 Å². The molecule has 2 fully saturated rings. The van der Waals surface area contributed by atoms with Gasteiger partial charge in [-0.25, -0.2) is 8.42 Å². The minimum atomic E-state index is -3.34. The lowest BCUT2D eigenvalue weighted by molar-refractivity contribution is 0.110. The summed E-state index contributed by atoms with van der Waals surface area (Å²) in [6.45, 7) is 5.26. The van der Waals surface area contributed by atoms with Crippen molar-refractivity contribution in [3.63, 3.8) is 0 Å². The standard InChI is InChI=1S/C14H21BrN2O2S2/c1-11-8-12(20-13(11)15)21(18,19)17-7-3-5-14(10-17)4-2-6-16-9-14/h8,16H,2-7,9-10H2,1H3. The van der Waals surface area contributed by atoms with Crippen LogP contribution in [0.25, 0.3) is 0 Å². The van der Waals surface area contributed by atoms with Crippen LogP contribution in [0.1, 0.15) is 31.2 Å². The number of nitrogens with one attached hydrogen (secondary N) is 1. The second kappa shape index (κ2) is 5.92. The van der Waals surface area contributed by atoms with Gasteiger partial charge in [0, 0.05) is 19.6 Å². The predicted octanol–water partition coefficient (Wildman–Crippen LogP) is 2.97. The van der Waals surface area contributed by atoms with Crippen molar-refractivity contribution < 1.29 is 8.42 Å². The first-order valence-electron chi connectivity index (χ1n) is 7.40. The van der Waals surface area contributed by atoms with Crippen molar-refractivity contribution in [1.29, 1.82) is 0 Å². The molecule has 7 heteroatoms. The quantitative estimate of drug-likeness (QED) is 0.841. The number of thiophene rings is 1. The maximum atomic E-state index is 12.9. The van der Waals surface area contributed by atoms with Gasteiger partial charge in [0.1, 0.15) is 4.21 Å². The van der Waals surface area contributed by atoms with Crippen LogP contribution in [-0.2, 0) is 10.0 Å². The summed E-state index contributed by atoms with van der Waals surface area (Å²) in [5, 5.41) is 3.44. The van der Waals surface area contributed by atoms with Gasteiger partial charge in [-0.3, -0.25) is 0 Å². The van der Waals surface area contributed by atoms with Gasteiger partial charge in [-0.2, -0.15) is 4.31 Å². The lowest BCUT2D eigenvalue weighted by Crippen LogP contribution is -2.52. The Hall–Kier alpha value is 0.0500. The molecule has 118 valence electrons. The number of aryl methyl sites for hydroxylation is 1. The SMILES string of the molecule is Cc1cc(S(=O)(=O)N2CCCC3(CCCNC3)C2)sc1Br. The fourth-order valence-corrected chi connectivity index (χ4v) is 7.40. The molecule has 0 amide bonds. The van der Waals surface area contributed by atoms with Crippen LogP contribution in [0.2, 0.25) is 0 Å². The predicted molar refractivity (Wildman–Crippen MR) is 89.3 cm³/mol. The Morgan fingerprint density at radius 3 is 2.76 bits per heavy atom. The van der Waals surface area contributed by atoms with E-state index in [9.17, 15) is 8.42 Å². The zero-order chi connectivity index (χ0) is 15.1. The van der Waals surface area contributed by atoms with Crippen molar-refractivity contribution in [3.05, 3.63) is 15.4 Å². The molecule has 0 aromatic carbocycles. The van der Waals surface area contributed by atoms with E-state index in [1.807, 2.05) is 6.92 Å². The van der Waals surface area contributed by atoms with Gasteiger partial charge in [-0.15, -0.1) is 11.3 Å². The summed E-state index contributed by atoms with van der Waals surface area (Å²) in [6.07, 6.45) is 4.39. The summed E-state index contributed by atoms with van der Waals surface area (Å²) in [5.74, 6) is 0.